The van der Waals surface area contributed by atoms with E-state index in [0.29, 0.717) is 13.0 Å². The number of unbranched alkanes of at least 4 members (excludes halogenated alkanes) is 9. The molecule has 0 rings (SSSR count). The van der Waals surface area contributed by atoms with Crippen molar-refractivity contribution in [2.45, 2.75) is 70.3 Å². The van der Waals surface area contributed by atoms with Crippen LogP contribution in [0.4, 0.5) is 0 Å². The monoisotopic (exact) mass is 318 g/mol. The van der Waals surface area contributed by atoms with Gasteiger partial charge in [-0.1, -0.05) is 57.9 Å². The topological polar surface area (TPSA) is 87.0 Å². The lowest BCUT2D eigenvalue weighted by Crippen LogP contribution is -2.33. The van der Waals surface area contributed by atoms with E-state index in [1.54, 1.807) is 0 Å². The minimum absolute atomic E-state index is 0.156. The minimum atomic E-state index is -3.80. The van der Waals surface area contributed by atoms with Crippen LogP contribution in [0.2, 0.25) is 6.04 Å². The normalized spacial score (nSPS) is 11.4. The number of esters is 1. The van der Waals surface area contributed by atoms with Gasteiger partial charge in [0.2, 0.25) is 0 Å². The summed E-state index contributed by atoms with van der Waals surface area (Å²) in [6, 6.07) is 0.156. The first-order chi connectivity index (χ1) is 9.95. The van der Waals surface area contributed by atoms with E-state index in [9.17, 15) is 4.79 Å². The van der Waals surface area contributed by atoms with Gasteiger partial charge in [-0.3, -0.25) is 0 Å². The lowest BCUT2D eigenvalue weighted by molar-refractivity contribution is -0.137. The average Bonchev–Trinajstić information content (AvgIpc) is 2.42. The van der Waals surface area contributed by atoms with Crippen molar-refractivity contribution in [2.75, 3.05) is 6.61 Å². The predicted molar refractivity (Wildman–Crippen MR) is 84.5 cm³/mol. The van der Waals surface area contributed by atoms with Gasteiger partial charge in [0.15, 0.2) is 0 Å². The number of rotatable bonds is 14. The minimum Gasteiger partial charge on any atom is -0.463 e. The Morgan fingerprint density at radius 3 is 1.71 bits per heavy atom. The van der Waals surface area contributed by atoms with E-state index in [2.05, 4.69) is 6.58 Å². The Bertz CT molecular complexity index is 276. The zero-order valence-electron chi connectivity index (χ0n) is 12.9. The van der Waals surface area contributed by atoms with Gasteiger partial charge < -0.3 is 19.1 Å². The molecule has 0 saturated carbocycles. The van der Waals surface area contributed by atoms with Crippen LogP contribution in [0.3, 0.4) is 0 Å². The summed E-state index contributed by atoms with van der Waals surface area (Å²) in [4.78, 5) is 37.3. The van der Waals surface area contributed by atoms with Crippen molar-refractivity contribution in [2.24, 2.45) is 0 Å². The maximum atomic E-state index is 10.8. The Hall–Kier alpha value is -0.693. The molecule has 0 unspecified atom stereocenters. The molecule has 0 fully saturated rings. The molecule has 0 bridgehead atoms. The highest BCUT2D eigenvalue weighted by atomic mass is 28.4. The molecule has 3 N–H and O–H groups in total. The van der Waals surface area contributed by atoms with E-state index >= 15 is 0 Å². The predicted octanol–water partition coefficient (Wildman–Crippen LogP) is 2.53. The molecule has 0 saturated heterocycles. The lowest BCUT2D eigenvalue weighted by atomic mass is 10.1. The van der Waals surface area contributed by atoms with Gasteiger partial charge in [-0.25, -0.2) is 4.79 Å². The quantitative estimate of drug-likeness (QED) is 0.198. The van der Waals surface area contributed by atoms with E-state index < -0.39 is 8.80 Å². The first-order valence-corrected chi connectivity index (χ1v) is 9.97. The van der Waals surface area contributed by atoms with Gasteiger partial charge in [0.05, 0.1) is 6.61 Å². The van der Waals surface area contributed by atoms with Crippen LogP contribution in [-0.4, -0.2) is 35.8 Å². The second-order valence-electron chi connectivity index (χ2n) is 5.43. The molecule has 0 radical (unpaired) electrons. The Balaban J connectivity index is 3.09. The molecule has 6 heteroatoms. The fraction of sp³-hybridized carbons (Fsp3) is 0.800. The molecule has 124 valence electrons. The average molecular weight is 318 g/mol. The summed E-state index contributed by atoms with van der Waals surface area (Å²) in [5.41, 5.74) is 0. The zero-order chi connectivity index (χ0) is 16.0. The number of hydrogen-bond donors (Lipinski definition) is 3. The van der Waals surface area contributed by atoms with Crippen LogP contribution in [0.5, 0.6) is 0 Å². The summed E-state index contributed by atoms with van der Waals surface area (Å²) in [6.07, 6.45) is 11.9. The lowest BCUT2D eigenvalue weighted by Gasteiger charge is -2.08. The van der Waals surface area contributed by atoms with Gasteiger partial charge in [-0.2, -0.15) is 0 Å². The maximum Gasteiger partial charge on any atom is 0.492 e. The van der Waals surface area contributed by atoms with E-state index in [0.717, 1.165) is 32.1 Å². The van der Waals surface area contributed by atoms with Gasteiger partial charge >= 0.3 is 14.8 Å². The first-order valence-electron chi connectivity index (χ1n) is 7.92. The maximum absolute atomic E-state index is 10.8. The molecule has 21 heavy (non-hydrogen) atoms. The largest absolute Gasteiger partial charge is 0.492 e. The molecular formula is C15H30O5Si. The number of ether oxygens (including phenoxy) is 1. The fourth-order valence-electron chi connectivity index (χ4n) is 2.11. The van der Waals surface area contributed by atoms with Crippen molar-refractivity contribution in [3.63, 3.8) is 0 Å². The molecule has 0 heterocycles. The second-order valence-corrected chi connectivity index (χ2v) is 7.48. The summed E-state index contributed by atoms with van der Waals surface area (Å²) >= 11 is 0. The van der Waals surface area contributed by atoms with E-state index in [1.165, 1.54) is 31.8 Å². The molecule has 5 nitrogen and oxygen atoms in total. The van der Waals surface area contributed by atoms with Crippen LogP contribution < -0.4 is 0 Å². The molecule has 0 amide bonds. The van der Waals surface area contributed by atoms with E-state index in [4.69, 9.17) is 19.1 Å². The van der Waals surface area contributed by atoms with Crippen LogP contribution in [0.15, 0.2) is 12.7 Å². The van der Waals surface area contributed by atoms with Crippen LogP contribution in [0.1, 0.15) is 64.2 Å². The standard InChI is InChI=1S/C15H30O5Si/c1-2-15(16)20-13-11-9-7-5-3-4-6-8-10-12-14-21(17,18)19/h2,17-19H,1,3-14H2. The molecule has 0 spiro atoms. The number of carbonyl (C=O) groups is 1. The van der Waals surface area contributed by atoms with E-state index in [1.807, 2.05) is 0 Å². The summed E-state index contributed by atoms with van der Waals surface area (Å²) in [5.74, 6) is -0.349. The third-order valence-electron chi connectivity index (χ3n) is 3.32. The molecule has 0 aliphatic heterocycles. The molecular weight excluding hydrogens is 288 g/mol. The second kappa shape index (κ2) is 13.0. The number of carbonyl (C=O) groups excluding carboxylic acids is 1. The fourth-order valence-corrected chi connectivity index (χ4v) is 2.83. The smallest absolute Gasteiger partial charge is 0.463 e. The first kappa shape index (κ1) is 20.3. The van der Waals surface area contributed by atoms with Gasteiger partial charge in [0, 0.05) is 12.1 Å². The van der Waals surface area contributed by atoms with Crippen LogP contribution in [0.25, 0.3) is 0 Å². The van der Waals surface area contributed by atoms with Crippen LogP contribution in [-0.2, 0) is 9.53 Å². The van der Waals surface area contributed by atoms with Gasteiger partial charge in [0.1, 0.15) is 0 Å². The van der Waals surface area contributed by atoms with E-state index in [-0.39, 0.29) is 12.0 Å². The molecule has 0 atom stereocenters. The Labute approximate surface area is 129 Å². The summed E-state index contributed by atoms with van der Waals surface area (Å²) in [6.45, 7) is 3.82. The molecule has 0 aromatic rings. The van der Waals surface area contributed by atoms with Crippen molar-refractivity contribution in [3.05, 3.63) is 12.7 Å². The Morgan fingerprint density at radius 1 is 0.857 bits per heavy atom. The van der Waals surface area contributed by atoms with Crippen molar-refractivity contribution >= 4 is 14.8 Å². The third-order valence-corrected chi connectivity index (χ3v) is 4.34. The van der Waals surface area contributed by atoms with Crippen molar-refractivity contribution in [1.29, 1.82) is 0 Å². The summed E-state index contributed by atoms with van der Waals surface area (Å²) < 4.78 is 4.89. The van der Waals surface area contributed by atoms with Gasteiger partial charge in [-0.15, -0.1) is 0 Å². The zero-order valence-corrected chi connectivity index (χ0v) is 13.9. The number of hydrogen-bond acceptors (Lipinski definition) is 5. The Morgan fingerprint density at radius 2 is 1.29 bits per heavy atom. The molecule has 0 aliphatic carbocycles. The van der Waals surface area contributed by atoms with Gasteiger partial charge in [0.25, 0.3) is 0 Å². The van der Waals surface area contributed by atoms with Gasteiger partial charge in [-0.05, 0) is 12.8 Å². The van der Waals surface area contributed by atoms with Crippen LogP contribution in [0, 0.1) is 0 Å². The van der Waals surface area contributed by atoms with Crippen molar-refractivity contribution < 1.29 is 23.9 Å². The van der Waals surface area contributed by atoms with Crippen molar-refractivity contribution in [3.8, 4) is 0 Å². The highest BCUT2D eigenvalue weighted by Gasteiger charge is 2.25. The molecule has 0 aromatic carbocycles. The summed E-state index contributed by atoms with van der Waals surface area (Å²) in [5, 5.41) is 0. The summed E-state index contributed by atoms with van der Waals surface area (Å²) in [7, 11) is -3.80. The highest BCUT2D eigenvalue weighted by molar-refractivity contribution is 6.56. The highest BCUT2D eigenvalue weighted by Crippen LogP contribution is 2.13. The van der Waals surface area contributed by atoms with Crippen LogP contribution >= 0.6 is 0 Å². The molecule has 0 aliphatic rings. The van der Waals surface area contributed by atoms with Crippen molar-refractivity contribution in [1.82, 2.24) is 0 Å². The third kappa shape index (κ3) is 17.3. The SMILES string of the molecule is C=CC(=O)OCCCCCCCCCCCC[Si](O)(O)O. The molecule has 0 aromatic heterocycles. The Kier molecular flexibility index (Phi) is 12.6.